The smallest absolute Gasteiger partial charge is 0.252 e. The van der Waals surface area contributed by atoms with Crippen LogP contribution in [0.5, 0.6) is 5.75 Å². The largest absolute Gasteiger partial charge is 0.507 e. The van der Waals surface area contributed by atoms with E-state index in [4.69, 9.17) is 11.6 Å². The van der Waals surface area contributed by atoms with Gasteiger partial charge in [0.25, 0.3) is 5.56 Å². The number of halogens is 1. The number of aromatic hydroxyl groups is 1. The Morgan fingerprint density at radius 2 is 1.94 bits per heavy atom. The molecule has 0 aliphatic carbocycles. The fraction of sp³-hybridized carbons (Fsp3) is 0. The van der Waals surface area contributed by atoms with Crippen LogP contribution in [0.3, 0.4) is 0 Å². The Hall–Kier alpha value is -1.78. The van der Waals surface area contributed by atoms with Crippen LogP contribution in [0.15, 0.2) is 40.5 Å². The second kappa shape index (κ2) is 4.15. The molecule has 0 saturated heterocycles. The predicted molar refractivity (Wildman–Crippen MR) is 74.6 cm³/mol. The van der Waals surface area contributed by atoms with Crippen molar-refractivity contribution in [2.24, 2.45) is 0 Å². The van der Waals surface area contributed by atoms with Crippen molar-refractivity contribution < 1.29 is 5.11 Å². The first-order chi connectivity index (χ1) is 8.65. The van der Waals surface area contributed by atoms with Gasteiger partial charge >= 0.3 is 0 Å². The lowest BCUT2D eigenvalue weighted by atomic mass is 10.1. The predicted octanol–water partition coefficient (Wildman–Crippen LogP) is 3.62. The normalized spacial score (nSPS) is 10.9. The van der Waals surface area contributed by atoms with Crippen LogP contribution in [0.4, 0.5) is 0 Å². The molecule has 1 aromatic carbocycles. The van der Waals surface area contributed by atoms with E-state index < -0.39 is 0 Å². The minimum Gasteiger partial charge on any atom is -0.507 e. The molecule has 18 heavy (non-hydrogen) atoms. The van der Waals surface area contributed by atoms with Crippen LogP contribution in [0, 0.1) is 0 Å². The van der Waals surface area contributed by atoms with Crippen LogP contribution < -0.4 is 5.56 Å². The van der Waals surface area contributed by atoms with E-state index in [0.717, 1.165) is 11.1 Å². The maximum atomic E-state index is 11.3. The molecule has 90 valence electrons. The van der Waals surface area contributed by atoms with Gasteiger partial charge in [0, 0.05) is 22.0 Å². The number of benzene rings is 1. The molecule has 0 amide bonds. The molecule has 0 aliphatic heterocycles. The molecule has 0 radical (unpaired) electrons. The maximum absolute atomic E-state index is 11.3. The molecule has 0 aliphatic rings. The maximum Gasteiger partial charge on any atom is 0.252 e. The van der Waals surface area contributed by atoms with Crippen LogP contribution in [0.25, 0.3) is 21.3 Å². The van der Waals surface area contributed by atoms with Gasteiger partial charge in [-0.1, -0.05) is 23.7 Å². The van der Waals surface area contributed by atoms with Gasteiger partial charge in [-0.3, -0.25) is 4.79 Å². The number of nitrogens with one attached hydrogen (secondary N) is 1. The first kappa shape index (κ1) is 11.3. The zero-order valence-electron chi connectivity index (χ0n) is 9.11. The third-order valence-corrected chi connectivity index (χ3v) is 3.85. The first-order valence-electron chi connectivity index (χ1n) is 5.24. The lowest BCUT2D eigenvalue weighted by Crippen LogP contribution is -2.01. The van der Waals surface area contributed by atoms with Crippen molar-refractivity contribution in [1.82, 2.24) is 4.98 Å². The Balaban J connectivity index is 2.30. The zero-order valence-corrected chi connectivity index (χ0v) is 10.7. The Labute approximate surface area is 111 Å². The first-order valence-corrected chi connectivity index (χ1v) is 6.50. The Morgan fingerprint density at radius 1 is 1.22 bits per heavy atom. The van der Waals surface area contributed by atoms with Crippen molar-refractivity contribution in [1.29, 1.82) is 0 Å². The molecule has 0 unspecified atom stereocenters. The van der Waals surface area contributed by atoms with Crippen LogP contribution >= 0.6 is 22.9 Å². The van der Waals surface area contributed by atoms with Crippen molar-refractivity contribution in [3.8, 4) is 16.9 Å². The average Bonchev–Trinajstić information content (AvgIpc) is 2.74. The number of pyridine rings is 1. The summed E-state index contributed by atoms with van der Waals surface area (Å²) in [5.74, 6) is -0.0000463. The summed E-state index contributed by atoms with van der Waals surface area (Å²) in [5, 5.41) is 13.1. The summed E-state index contributed by atoms with van der Waals surface area (Å²) in [6, 6.07) is 8.55. The van der Waals surface area contributed by atoms with E-state index in [-0.39, 0.29) is 11.3 Å². The number of hydrogen-bond donors (Lipinski definition) is 2. The minimum atomic E-state index is -0.301. The zero-order chi connectivity index (χ0) is 12.7. The van der Waals surface area contributed by atoms with E-state index in [9.17, 15) is 9.90 Å². The average molecular weight is 278 g/mol. The van der Waals surface area contributed by atoms with Gasteiger partial charge in [-0.25, -0.2) is 0 Å². The molecular weight excluding hydrogens is 270 g/mol. The van der Waals surface area contributed by atoms with E-state index in [1.54, 1.807) is 12.1 Å². The molecule has 3 nitrogen and oxygen atoms in total. The van der Waals surface area contributed by atoms with E-state index in [1.807, 2.05) is 17.5 Å². The molecule has 2 heterocycles. The van der Waals surface area contributed by atoms with Gasteiger partial charge in [-0.2, -0.15) is 0 Å². The summed E-state index contributed by atoms with van der Waals surface area (Å²) in [5.41, 5.74) is 1.54. The molecule has 0 fully saturated rings. The fourth-order valence-corrected chi connectivity index (χ4v) is 3.00. The van der Waals surface area contributed by atoms with E-state index >= 15 is 0 Å². The molecule has 0 spiro atoms. The van der Waals surface area contributed by atoms with Crippen LogP contribution in [0.1, 0.15) is 0 Å². The van der Waals surface area contributed by atoms with Gasteiger partial charge in [-0.05, 0) is 17.7 Å². The van der Waals surface area contributed by atoms with Gasteiger partial charge in [0.15, 0.2) is 0 Å². The molecule has 0 bridgehead atoms. The second-order valence-corrected chi connectivity index (χ2v) is 5.20. The van der Waals surface area contributed by atoms with Crippen molar-refractivity contribution in [3.05, 3.63) is 51.1 Å². The minimum absolute atomic E-state index is 0.0000463. The number of rotatable bonds is 1. The van der Waals surface area contributed by atoms with E-state index in [1.165, 1.54) is 17.4 Å². The second-order valence-electron chi connectivity index (χ2n) is 3.88. The number of hydrogen-bond acceptors (Lipinski definition) is 3. The monoisotopic (exact) mass is 277 g/mol. The fourth-order valence-electron chi connectivity index (χ4n) is 1.89. The SMILES string of the molecule is O=c1cc(O)c2c(-c3ccc(Cl)cc3)csc2[nH]1. The van der Waals surface area contributed by atoms with Gasteiger partial charge < -0.3 is 10.1 Å². The highest BCUT2D eigenvalue weighted by Gasteiger charge is 2.11. The van der Waals surface area contributed by atoms with Gasteiger partial charge in [0.2, 0.25) is 0 Å². The van der Waals surface area contributed by atoms with Crippen LogP contribution in [-0.4, -0.2) is 10.1 Å². The Bertz CT molecular complexity index is 774. The van der Waals surface area contributed by atoms with Crippen molar-refractivity contribution >= 4 is 33.2 Å². The summed E-state index contributed by atoms with van der Waals surface area (Å²) in [4.78, 5) is 14.6. The van der Waals surface area contributed by atoms with Crippen molar-refractivity contribution in [2.75, 3.05) is 0 Å². The Kier molecular flexibility index (Phi) is 2.61. The highest BCUT2D eigenvalue weighted by molar-refractivity contribution is 7.17. The standard InChI is InChI=1S/C13H8ClNO2S/c14-8-3-1-7(2-4-8)9-6-18-13-12(9)10(16)5-11(17)15-13/h1-6H,(H2,15,16,17). The molecule has 5 heteroatoms. The van der Waals surface area contributed by atoms with Gasteiger partial charge in [0.05, 0.1) is 5.39 Å². The highest BCUT2D eigenvalue weighted by Crippen LogP contribution is 2.37. The van der Waals surface area contributed by atoms with Gasteiger partial charge in [0.1, 0.15) is 10.6 Å². The highest BCUT2D eigenvalue weighted by atomic mass is 35.5. The molecule has 3 aromatic rings. The van der Waals surface area contributed by atoms with Crippen LogP contribution in [-0.2, 0) is 0 Å². The summed E-state index contributed by atoms with van der Waals surface area (Å²) < 4.78 is 0. The number of H-pyrrole nitrogens is 1. The van der Waals surface area contributed by atoms with E-state index in [0.29, 0.717) is 15.2 Å². The molecule has 2 N–H and O–H groups in total. The Morgan fingerprint density at radius 3 is 2.67 bits per heavy atom. The summed E-state index contributed by atoms with van der Waals surface area (Å²) in [6.07, 6.45) is 0. The lowest BCUT2D eigenvalue weighted by molar-refractivity contribution is 0.481. The van der Waals surface area contributed by atoms with Crippen molar-refractivity contribution in [2.45, 2.75) is 0 Å². The molecule has 0 atom stereocenters. The number of aromatic amines is 1. The molecule has 2 aromatic heterocycles. The summed E-state index contributed by atoms with van der Waals surface area (Å²) in [6.45, 7) is 0. The summed E-state index contributed by atoms with van der Waals surface area (Å²) in [7, 11) is 0. The molecular formula is C13H8ClNO2S. The molecule has 0 saturated carbocycles. The van der Waals surface area contributed by atoms with Crippen LogP contribution in [0.2, 0.25) is 5.02 Å². The van der Waals surface area contributed by atoms with E-state index in [2.05, 4.69) is 4.98 Å². The van der Waals surface area contributed by atoms with Gasteiger partial charge in [-0.15, -0.1) is 11.3 Å². The third kappa shape index (κ3) is 1.79. The molecule has 3 rings (SSSR count). The third-order valence-electron chi connectivity index (χ3n) is 2.71. The lowest BCUT2D eigenvalue weighted by Gasteiger charge is -2.01. The summed E-state index contributed by atoms with van der Waals surface area (Å²) >= 11 is 7.24. The number of fused-ring (bicyclic) bond motifs is 1. The number of aromatic nitrogens is 1. The number of thiophene rings is 1. The quantitative estimate of drug-likeness (QED) is 0.714. The van der Waals surface area contributed by atoms with Crippen molar-refractivity contribution in [3.63, 3.8) is 0 Å². The topological polar surface area (TPSA) is 53.1 Å².